The molecule has 8 heteroatoms. The van der Waals surface area contributed by atoms with Crippen LogP contribution in [0.3, 0.4) is 0 Å². The summed E-state index contributed by atoms with van der Waals surface area (Å²) < 4.78 is 17.0. The molecule has 1 rings (SSSR count). The zero-order valence-electron chi connectivity index (χ0n) is 19.8. The van der Waals surface area contributed by atoms with Crippen LogP contribution in [0.5, 0.6) is 0 Å². The normalized spacial score (nSPS) is 12.5. The number of rotatable bonds is 13. The predicted molar refractivity (Wildman–Crippen MR) is 131 cm³/mol. The molecular weight excluding hydrogens is 417 g/mol. The summed E-state index contributed by atoms with van der Waals surface area (Å²) in [5.41, 5.74) is 6.94. The molecule has 2 N–H and O–H groups in total. The Morgan fingerprint density at radius 1 is 0.900 bits per heavy atom. The smallest absolute Gasteiger partial charge is 0.221 e. The van der Waals surface area contributed by atoms with Crippen molar-refractivity contribution in [1.29, 1.82) is 0 Å². The standard InChI is InChI=1S/C22H40N3O3PS/c1-16(2)24(17(3)4)29(25(18(5)6)19(7)8)28-14-13-27-15-30-22(26)20-9-11-21(23)12-10-20/h9-12,16-19H,13-15,23H2,1-8H3. The van der Waals surface area contributed by atoms with Crippen molar-refractivity contribution >= 4 is 31.0 Å². The number of ether oxygens (including phenoxy) is 1. The van der Waals surface area contributed by atoms with Gasteiger partial charge in [0.15, 0.2) is 8.45 Å². The van der Waals surface area contributed by atoms with Crippen molar-refractivity contribution in [3.63, 3.8) is 0 Å². The molecule has 0 heterocycles. The third-order valence-electron chi connectivity index (χ3n) is 4.37. The van der Waals surface area contributed by atoms with Gasteiger partial charge in [-0.25, -0.2) is 9.34 Å². The SMILES string of the molecule is CC(C)N(C(C)C)P(OCCOCSC(=O)c1ccc(N)cc1)N(C(C)C)C(C)C. The van der Waals surface area contributed by atoms with E-state index in [0.29, 0.717) is 54.6 Å². The highest BCUT2D eigenvalue weighted by Gasteiger charge is 2.34. The highest BCUT2D eigenvalue weighted by Crippen LogP contribution is 2.50. The molecule has 0 bridgehead atoms. The molecule has 0 unspecified atom stereocenters. The molecule has 0 saturated carbocycles. The van der Waals surface area contributed by atoms with E-state index in [0.717, 1.165) is 11.8 Å². The minimum atomic E-state index is -0.917. The molecule has 1 aromatic rings. The monoisotopic (exact) mass is 457 g/mol. The van der Waals surface area contributed by atoms with Crippen LogP contribution in [0.25, 0.3) is 0 Å². The zero-order valence-corrected chi connectivity index (χ0v) is 21.5. The maximum absolute atomic E-state index is 12.2. The van der Waals surface area contributed by atoms with E-state index in [1.54, 1.807) is 24.3 Å². The number of hydrogen-bond acceptors (Lipinski definition) is 7. The molecule has 0 aliphatic rings. The molecule has 30 heavy (non-hydrogen) atoms. The van der Waals surface area contributed by atoms with E-state index in [2.05, 4.69) is 64.7 Å². The second-order valence-electron chi connectivity index (χ2n) is 8.30. The lowest BCUT2D eigenvalue weighted by atomic mass is 10.2. The number of nitrogens with zero attached hydrogens (tertiary/aromatic N) is 2. The Morgan fingerprint density at radius 3 is 1.80 bits per heavy atom. The average Bonchev–Trinajstić information content (AvgIpc) is 2.63. The van der Waals surface area contributed by atoms with Crippen molar-refractivity contribution in [2.24, 2.45) is 0 Å². The lowest BCUT2D eigenvalue weighted by Gasteiger charge is -2.45. The molecule has 0 saturated heterocycles. The number of nitrogens with two attached hydrogens (primary N) is 1. The van der Waals surface area contributed by atoms with Crippen molar-refractivity contribution in [3.8, 4) is 0 Å². The number of nitrogen functional groups attached to an aromatic ring is 1. The molecular formula is C22H40N3O3PS. The molecule has 172 valence electrons. The fourth-order valence-electron chi connectivity index (χ4n) is 3.27. The number of carbonyl (C=O) groups is 1. The summed E-state index contributed by atoms with van der Waals surface area (Å²) >= 11 is 1.15. The first-order valence-corrected chi connectivity index (χ1v) is 12.8. The Morgan fingerprint density at radius 2 is 1.37 bits per heavy atom. The van der Waals surface area contributed by atoms with Crippen molar-refractivity contribution in [2.75, 3.05) is 24.9 Å². The Labute approximate surface area is 188 Å². The maximum Gasteiger partial charge on any atom is 0.221 e. The number of benzene rings is 1. The summed E-state index contributed by atoms with van der Waals surface area (Å²) in [5, 5.41) is -0.0187. The van der Waals surface area contributed by atoms with Crippen LogP contribution in [-0.2, 0) is 9.26 Å². The topological polar surface area (TPSA) is 68.0 Å². The van der Waals surface area contributed by atoms with Gasteiger partial charge in [0.25, 0.3) is 0 Å². The molecule has 0 amide bonds. The summed E-state index contributed by atoms with van der Waals surface area (Å²) in [5.74, 6) is 0.306. The van der Waals surface area contributed by atoms with E-state index >= 15 is 0 Å². The highest BCUT2D eigenvalue weighted by molar-refractivity contribution is 8.14. The Bertz CT molecular complexity index is 591. The fourth-order valence-corrected chi connectivity index (χ4v) is 6.20. The van der Waals surface area contributed by atoms with E-state index in [1.165, 1.54) is 0 Å². The number of hydrogen-bond donors (Lipinski definition) is 1. The molecule has 0 aliphatic carbocycles. The molecule has 0 radical (unpaired) electrons. The van der Waals surface area contributed by atoms with Gasteiger partial charge in [0, 0.05) is 35.4 Å². The molecule has 0 aromatic heterocycles. The van der Waals surface area contributed by atoms with Crippen LogP contribution >= 0.6 is 20.2 Å². The van der Waals surface area contributed by atoms with Crippen LogP contribution in [0, 0.1) is 0 Å². The van der Waals surface area contributed by atoms with Gasteiger partial charge >= 0.3 is 0 Å². The minimum absolute atomic E-state index is 0.0187. The zero-order chi connectivity index (χ0) is 22.8. The second-order valence-corrected chi connectivity index (χ2v) is 10.9. The van der Waals surface area contributed by atoms with Crippen molar-refractivity contribution in [1.82, 2.24) is 9.34 Å². The van der Waals surface area contributed by atoms with E-state index in [-0.39, 0.29) is 5.12 Å². The van der Waals surface area contributed by atoms with E-state index in [4.69, 9.17) is 15.0 Å². The van der Waals surface area contributed by atoms with Gasteiger partial charge < -0.3 is 15.0 Å². The quantitative estimate of drug-likeness (QED) is 0.179. The van der Waals surface area contributed by atoms with Gasteiger partial charge in [-0.3, -0.25) is 4.79 Å². The van der Waals surface area contributed by atoms with Crippen LogP contribution < -0.4 is 5.73 Å². The minimum Gasteiger partial charge on any atom is -0.399 e. The van der Waals surface area contributed by atoms with Gasteiger partial charge in [-0.05, 0) is 79.7 Å². The van der Waals surface area contributed by atoms with Crippen molar-refractivity contribution < 1.29 is 14.1 Å². The first-order chi connectivity index (χ1) is 14.1. The third kappa shape index (κ3) is 8.81. The van der Waals surface area contributed by atoms with Gasteiger partial charge in [-0.1, -0.05) is 11.8 Å². The van der Waals surface area contributed by atoms with E-state index in [1.807, 2.05) is 0 Å². The summed E-state index contributed by atoms with van der Waals surface area (Å²) in [6.07, 6.45) is 0. The van der Waals surface area contributed by atoms with Gasteiger partial charge in [-0.15, -0.1) is 0 Å². The average molecular weight is 458 g/mol. The number of anilines is 1. The van der Waals surface area contributed by atoms with Crippen LogP contribution in [0.1, 0.15) is 65.7 Å². The Balaban J connectivity index is 2.58. The van der Waals surface area contributed by atoms with Crippen LogP contribution in [0.2, 0.25) is 0 Å². The highest BCUT2D eigenvalue weighted by atomic mass is 32.2. The van der Waals surface area contributed by atoms with Gasteiger partial charge in [-0.2, -0.15) is 0 Å². The van der Waals surface area contributed by atoms with Gasteiger partial charge in [0.05, 0.1) is 19.2 Å². The van der Waals surface area contributed by atoms with Crippen molar-refractivity contribution in [3.05, 3.63) is 29.8 Å². The Kier molecular flexibility index (Phi) is 12.5. The van der Waals surface area contributed by atoms with E-state index in [9.17, 15) is 4.79 Å². The molecule has 0 spiro atoms. The first kappa shape index (κ1) is 27.3. The largest absolute Gasteiger partial charge is 0.399 e. The summed E-state index contributed by atoms with van der Waals surface area (Å²) in [6.45, 7) is 18.7. The third-order valence-corrected chi connectivity index (χ3v) is 8.20. The van der Waals surface area contributed by atoms with Gasteiger partial charge in [0.1, 0.15) is 0 Å². The Hall–Kier alpha value is -0.690. The van der Waals surface area contributed by atoms with Crippen LogP contribution in [0.15, 0.2) is 24.3 Å². The van der Waals surface area contributed by atoms with Crippen molar-refractivity contribution in [2.45, 2.75) is 79.6 Å². The summed E-state index contributed by atoms with van der Waals surface area (Å²) in [4.78, 5) is 12.2. The lowest BCUT2D eigenvalue weighted by molar-refractivity contribution is 0.106. The van der Waals surface area contributed by atoms with E-state index < -0.39 is 8.45 Å². The lowest BCUT2D eigenvalue weighted by Crippen LogP contribution is -2.43. The second kappa shape index (κ2) is 13.7. The predicted octanol–water partition coefficient (Wildman–Crippen LogP) is 5.60. The molecule has 6 nitrogen and oxygen atoms in total. The number of thioether (sulfide) groups is 1. The fraction of sp³-hybridized carbons (Fsp3) is 0.682. The maximum atomic E-state index is 12.2. The molecule has 1 aromatic carbocycles. The summed E-state index contributed by atoms with van der Waals surface area (Å²) in [6, 6.07) is 8.45. The molecule has 0 atom stereocenters. The van der Waals surface area contributed by atoms with Gasteiger partial charge in [0.2, 0.25) is 5.12 Å². The van der Waals surface area contributed by atoms with Crippen LogP contribution in [0.4, 0.5) is 5.69 Å². The van der Waals surface area contributed by atoms with Crippen LogP contribution in [-0.4, -0.2) is 57.8 Å². The number of carbonyl (C=O) groups excluding carboxylic acids is 1. The summed E-state index contributed by atoms with van der Waals surface area (Å²) in [7, 11) is -0.917. The molecule has 0 aliphatic heterocycles. The molecule has 0 fully saturated rings. The first-order valence-electron chi connectivity index (χ1n) is 10.7.